The molecule has 0 bridgehead atoms. The van der Waals surface area contributed by atoms with Crippen molar-refractivity contribution in [2.75, 3.05) is 19.3 Å². The Morgan fingerprint density at radius 3 is 2.41 bits per heavy atom. The van der Waals surface area contributed by atoms with Gasteiger partial charge in [-0.25, -0.2) is 13.1 Å². The third-order valence-corrected chi connectivity index (χ3v) is 8.89. The molecule has 7 heteroatoms. The molecule has 0 saturated carbocycles. The van der Waals surface area contributed by atoms with Crippen molar-refractivity contribution in [3.8, 4) is 0 Å². The average Bonchev–Trinajstić information content (AvgIpc) is 3.09. The number of thioether (sulfide) groups is 1. The second-order valence-corrected chi connectivity index (χ2v) is 11.4. The fourth-order valence-corrected chi connectivity index (χ4v) is 6.52. The minimum atomic E-state index is -3.77. The van der Waals surface area contributed by atoms with E-state index in [1.807, 2.05) is 24.1 Å². The largest absolute Gasteiger partial charge is 0.339 e. The van der Waals surface area contributed by atoms with Crippen LogP contribution in [0.1, 0.15) is 72.1 Å². The molecule has 1 atom stereocenters. The van der Waals surface area contributed by atoms with Gasteiger partial charge in [0.2, 0.25) is 10.0 Å². The number of nitrogens with one attached hydrogen (secondary N) is 1. The minimum absolute atomic E-state index is 0.0695. The van der Waals surface area contributed by atoms with Crippen molar-refractivity contribution in [1.29, 1.82) is 0 Å². The van der Waals surface area contributed by atoms with Crippen LogP contribution >= 0.6 is 11.8 Å². The Hall–Kier alpha value is -1.83. The van der Waals surface area contributed by atoms with Crippen LogP contribution < -0.4 is 4.72 Å². The molecule has 1 aliphatic carbocycles. The van der Waals surface area contributed by atoms with Gasteiger partial charge in [0.05, 0.1) is 10.5 Å². The molecule has 2 aromatic carbocycles. The maximum Gasteiger partial charge on any atom is 0.255 e. The number of likely N-dealkylation sites (tertiary alicyclic amines) is 1. The Morgan fingerprint density at radius 2 is 1.69 bits per heavy atom. The molecule has 5 nitrogen and oxygen atoms in total. The third-order valence-electron chi connectivity index (χ3n) is 6.56. The highest BCUT2D eigenvalue weighted by Gasteiger charge is 2.25. The van der Waals surface area contributed by atoms with E-state index in [0.29, 0.717) is 5.56 Å². The topological polar surface area (TPSA) is 66.5 Å². The van der Waals surface area contributed by atoms with Gasteiger partial charge in [-0.3, -0.25) is 4.79 Å². The van der Waals surface area contributed by atoms with Crippen LogP contribution in [-0.4, -0.2) is 38.6 Å². The molecule has 32 heavy (non-hydrogen) atoms. The first kappa shape index (κ1) is 23.3. The zero-order valence-corrected chi connectivity index (χ0v) is 20.5. The van der Waals surface area contributed by atoms with E-state index in [-0.39, 0.29) is 16.8 Å². The van der Waals surface area contributed by atoms with Crippen LogP contribution in [0.2, 0.25) is 0 Å². The zero-order chi connectivity index (χ0) is 22.7. The van der Waals surface area contributed by atoms with Gasteiger partial charge in [0.15, 0.2) is 0 Å². The monoisotopic (exact) mass is 472 g/mol. The van der Waals surface area contributed by atoms with Crippen molar-refractivity contribution in [3.05, 3.63) is 58.7 Å². The van der Waals surface area contributed by atoms with Crippen molar-refractivity contribution < 1.29 is 13.2 Å². The summed E-state index contributed by atoms with van der Waals surface area (Å²) < 4.78 is 29.2. The molecule has 0 radical (unpaired) electrons. The van der Waals surface area contributed by atoms with Gasteiger partial charge in [-0.15, -0.1) is 11.8 Å². The summed E-state index contributed by atoms with van der Waals surface area (Å²) in [6.07, 6.45) is 9.50. The summed E-state index contributed by atoms with van der Waals surface area (Å²) in [5, 5.41) is 0. The van der Waals surface area contributed by atoms with Crippen molar-refractivity contribution >= 4 is 27.7 Å². The molecule has 0 spiro atoms. The molecule has 4 rings (SSSR count). The SMILES string of the molecule is CSc1ccc(S(=O)(=O)N[C@H](C)c2ccc3c(c2)CCC3)cc1C(=O)N1CCCCCC1. The van der Waals surface area contributed by atoms with Gasteiger partial charge in [-0.05, 0) is 80.2 Å². The quantitative estimate of drug-likeness (QED) is 0.604. The highest BCUT2D eigenvalue weighted by molar-refractivity contribution is 7.98. The molecule has 1 heterocycles. The molecular weight excluding hydrogens is 440 g/mol. The Morgan fingerprint density at radius 1 is 0.969 bits per heavy atom. The predicted octanol–water partition coefficient (Wildman–Crippen LogP) is 4.95. The number of hydrogen-bond donors (Lipinski definition) is 1. The first-order valence-electron chi connectivity index (χ1n) is 11.5. The molecule has 0 aromatic heterocycles. The van der Waals surface area contributed by atoms with Crippen LogP contribution in [0.5, 0.6) is 0 Å². The van der Waals surface area contributed by atoms with E-state index in [9.17, 15) is 13.2 Å². The second-order valence-electron chi connectivity index (χ2n) is 8.79. The molecular formula is C25H32N2O3S2. The summed E-state index contributed by atoms with van der Waals surface area (Å²) in [4.78, 5) is 16.1. The molecule has 1 amide bonds. The predicted molar refractivity (Wildman–Crippen MR) is 130 cm³/mol. The van der Waals surface area contributed by atoms with Gasteiger partial charge in [-0.1, -0.05) is 31.0 Å². The van der Waals surface area contributed by atoms with E-state index in [1.165, 1.54) is 22.9 Å². The molecule has 1 saturated heterocycles. The van der Waals surface area contributed by atoms with E-state index < -0.39 is 10.0 Å². The number of carbonyl (C=O) groups excluding carboxylic acids is 1. The molecule has 1 N–H and O–H groups in total. The molecule has 2 aliphatic rings. The molecule has 2 aromatic rings. The summed E-state index contributed by atoms with van der Waals surface area (Å²) in [6.45, 7) is 3.34. The highest BCUT2D eigenvalue weighted by atomic mass is 32.2. The maximum absolute atomic E-state index is 13.3. The van der Waals surface area contributed by atoms with Crippen LogP contribution in [0.25, 0.3) is 0 Å². The first-order valence-corrected chi connectivity index (χ1v) is 14.2. The summed E-state index contributed by atoms with van der Waals surface area (Å²) in [7, 11) is -3.77. The number of carbonyl (C=O) groups is 1. The molecule has 0 unspecified atom stereocenters. The lowest BCUT2D eigenvalue weighted by molar-refractivity contribution is 0.0758. The summed E-state index contributed by atoms with van der Waals surface area (Å²) in [6, 6.07) is 10.8. The Kier molecular flexibility index (Phi) is 7.27. The van der Waals surface area contributed by atoms with E-state index in [0.717, 1.165) is 68.5 Å². The minimum Gasteiger partial charge on any atom is -0.339 e. The maximum atomic E-state index is 13.3. The van der Waals surface area contributed by atoms with Gasteiger partial charge in [0, 0.05) is 24.0 Å². The van der Waals surface area contributed by atoms with Crippen LogP contribution in [0.4, 0.5) is 0 Å². The number of fused-ring (bicyclic) bond motifs is 1. The van der Waals surface area contributed by atoms with Crippen molar-refractivity contribution in [2.45, 2.75) is 67.7 Å². The zero-order valence-electron chi connectivity index (χ0n) is 18.9. The number of hydrogen-bond acceptors (Lipinski definition) is 4. The van der Waals surface area contributed by atoms with E-state index in [2.05, 4.69) is 16.9 Å². The summed E-state index contributed by atoms with van der Waals surface area (Å²) in [5.41, 5.74) is 4.14. The summed E-state index contributed by atoms with van der Waals surface area (Å²) >= 11 is 1.47. The highest BCUT2D eigenvalue weighted by Crippen LogP contribution is 2.28. The molecule has 172 valence electrons. The summed E-state index contributed by atoms with van der Waals surface area (Å²) in [5.74, 6) is -0.0695. The number of nitrogens with zero attached hydrogens (tertiary/aromatic N) is 1. The van der Waals surface area contributed by atoms with Gasteiger partial charge in [0.25, 0.3) is 5.91 Å². The second kappa shape index (κ2) is 9.98. The standard InChI is InChI=1S/C25H32N2O3S2/c1-18(20-11-10-19-8-7-9-21(19)16-20)26-32(29,30)22-12-13-24(31-2)23(17-22)25(28)27-14-5-3-4-6-15-27/h10-13,16-18,26H,3-9,14-15H2,1-2H3/t18-/m1/s1. The number of benzene rings is 2. The van der Waals surface area contributed by atoms with Crippen molar-refractivity contribution in [1.82, 2.24) is 9.62 Å². The fraction of sp³-hybridized carbons (Fsp3) is 0.480. The van der Waals surface area contributed by atoms with Gasteiger partial charge < -0.3 is 4.90 Å². The van der Waals surface area contributed by atoms with Crippen LogP contribution in [0.3, 0.4) is 0 Å². The lowest BCUT2D eigenvalue weighted by atomic mass is 10.0. The normalized spacial score (nSPS) is 17.6. The lowest BCUT2D eigenvalue weighted by Gasteiger charge is -2.22. The first-order chi connectivity index (χ1) is 15.4. The van der Waals surface area contributed by atoms with Gasteiger partial charge in [0.1, 0.15) is 0 Å². The van der Waals surface area contributed by atoms with E-state index >= 15 is 0 Å². The van der Waals surface area contributed by atoms with Gasteiger partial charge >= 0.3 is 0 Å². The Balaban J connectivity index is 1.57. The number of aryl methyl sites for hydroxylation is 2. The number of amides is 1. The average molecular weight is 473 g/mol. The third kappa shape index (κ3) is 5.05. The van der Waals surface area contributed by atoms with E-state index in [1.54, 1.807) is 18.2 Å². The molecule has 1 fully saturated rings. The Bertz CT molecular complexity index is 1090. The van der Waals surface area contributed by atoms with E-state index in [4.69, 9.17) is 0 Å². The fourth-order valence-electron chi connectivity index (χ4n) is 4.70. The van der Waals surface area contributed by atoms with Crippen LogP contribution in [-0.2, 0) is 22.9 Å². The Labute approximate surface area is 196 Å². The van der Waals surface area contributed by atoms with Crippen LogP contribution in [0.15, 0.2) is 46.2 Å². The van der Waals surface area contributed by atoms with Crippen molar-refractivity contribution in [2.24, 2.45) is 0 Å². The number of rotatable bonds is 6. The molecule has 1 aliphatic heterocycles. The smallest absolute Gasteiger partial charge is 0.255 e. The number of sulfonamides is 1. The lowest BCUT2D eigenvalue weighted by Crippen LogP contribution is -2.32. The van der Waals surface area contributed by atoms with Crippen LogP contribution in [0, 0.1) is 0 Å². The van der Waals surface area contributed by atoms with Crippen molar-refractivity contribution in [3.63, 3.8) is 0 Å². The van der Waals surface area contributed by atoms with Gasteiger partial charge in [-0.2, -0.15) is 0 Å².